The number of anilines is 1. The Kier molecular flexibility index (Phi) is 5.21. The topological polar surface area (TPSA) is 67.4 Å². The van der Waals surface area contributed by atoms with E-state index in [4.69, 9.17) is 14.7 Å². The van der Waals surface area contributed by atoms with Gasteiger partial charge in [0.2, 0.25) is 0 Å². The normalized spacial score (nSPS) is 15.0. The van der Waals surface area contributed by atoms with E-state index in [9.17, 15) is 4.79 Å². The van der Waals surface area contributed by atoms with Crippen LogP contribution in [0.4, 0.5) is 5.82 Å². The number of nitrogens with zero attached hydrogens (tertiary/aromatic N) is 3. The van der Waals surface area contributed by atoms with Gasteiger partial charge in [-0.05, 0) is 38.1 Å². The number of ether oxygens (including phenoxy) is 1. The first kappa shape index (κ1) is 18.4. The van der Waals surface area contributed by atoms with Crippen LogP contribution in [-0.2, 0) is 4.74 Å². The summed E-state index contributed by atoms with van der Waals surface area (Å²) in [6.45, 7) is 1.84. The fourth-order valence-corrected chi connectivity index (χ4v) is 3.68. The molecule has 1 aliphatic heterocycles. The number of esters is 1. The Morgan fingerprint density at radius 1 is 1.07 bits per heavy atom. The molecular weight excluding hydrogens is 352 g/mol. The lowest BCUT2D eigenvalue weighted by Crippen LogP contribution is -2.41. The van der Waals surface area contributed by atoms with Gasteiger partial charge in [0.1, 0.15) is 5.69 Å². The molecule has 1 saturated heterocycles. The van der Waals surface area contributed by atoms with E-state index in [1.807, 2.05) is 31.3 Å². The molecule has 28 heavy (non-hydrogen) atoms. The number of nitrogens with one attached hydrogen (secondary N) is 1. The quantitative estimate of drug-likeness (QED) is 0.705. The van der Waals surface area contributed by atoms with Crippen molar-refractivity contribution in [2.75, 3.05) is 32.1 Å². The van der Waals surface area contributed by atoms with Crippen LogP contribution in [0.15, 0.2) is 48.5 Å². The fraction of sp³-hybridized carbons (Fsp3) is 0.318. The zero-order valence-electron chi connectivity index (χ0n) is 16.2. The summed E-state index contributed by atoms with van der Waals surface area (Å²) < 4.78 is 4.84. The summed E-state index contributed by atoms with van der Waals surface area (Å²) >= 11 is 0. The second kappa shape index (κ2) is 7.94. The third kappa shape index (κ3) is 3.55. The number of carbonyl (C=O) groups excluding carboxylic acids is 1. The molecule has 2 heterocycles. The standard InChI is InChI=1S/C22H24N4O2/c1-23-17-10-12-26(13-11-17)21-20(15-6-4-3-5-7-15)24-18-9-8-16(22(27)28-2)14-19(18)25-21/h3-9,14,17,23H,10-13H2,1-2H3. The number of aromatic nitrogens is 2. The van der Waals surface area contributed by atoms with Gasteiger partial charge in [0, 0.05) is 24.7 Å². The minimum Gasteiger partial charge on any atom is -0.465 e. The van der Waals surface area contributed by atoms with Crippen LogP contribution >= 0.6 is 0 Å². The third-order valence-electron chi connectivity index (χ3n) is 5.32. The second-order valence-corrected chi connectivity index (χ2v) is 7.01. The first-order chi connectivity index (χ1) is 13.7. The lowest BCUT2D eigenvalue weighted by atomic mass is 10.0. The van der Waals surface area contributed by atoms with Crippen LogP contribution in [0.2, 0.25) is 0 Å². The number of hydrogen-bond donors (Lipinski definition) is 1. The highest BCUT2D eigenvalue weighted by atomic mass is 16.5. The summed E-state index contributed by atoms with van der Waals surface area (Å²) in [7, 11) is 3.40. The van der Waals surface area contributed by atoms with Gasteiger partial charge >= 0.3 is 5.97 Å². The van der Waals surface area contributed by atoms with E-state index in [2.05, 4.69) is 22.3 Å². The van der Waals surface area contributed by atoms with Crippen molar-refractivity contribution in [3.63, 3.8) is 0 Å². The predicted molar refractivity (Wildman–Crippen MR) is 111 cm³/mol. The van der Waals surface area contributed by atoms with Crippen LogP contribution in [0.25, 0.3) is 22.3 Å². The van der Waals surface area contributed by atoms with Crippen LogP contribution in [-0.4, -0.2) is 49.2 Å². The molecule has 6 nitrogen and oxygen atoms in total. The second-order valence-electron chi connectivity index (χ2n) is 7.01. The molecule has 0 unspecified atom stereocenters. The fourth-order valence-electron chi connectivity index (χ4n) is 3.68. The summed E-state index contributed by atoms with van der Waals surface area (Å²) in [5.41, 5.74) is 3.87. The predicted octanol–water partition coefficient (Wildman–Crippen LogP) is 3.27. The molecule has 0 aliphatic carbocycles. The number of piperidine rings is 1. The Morgan fingerprint density at radius 3 is 2.50 bits per heavy atom. The Labute approximate surface area is 164 Å². The number of fused-ring (bicyclic) bond motifs is 1. The molecule has 0 saturated carbocycles. The summed E-state index contributed by atoms with van der Waals surface area (Å²) in [6, 6.07) is 16.0. The Hall–Kier alpha value is -2.99. The van der Waals surface area contributed by atoms with Crippen molar-refractivity contribution in [3.8, 4) is 11.3 Å². The van der Waals surface area contributed by atoms with E-state index in [0.29, 0.717) is 17.1 Å². The molecule has 6 heteroatoms. The molecule has 0 spiro atoms. The summed E-state index contributed by atoms with van der Waals surface area (Å²) in [6.07, 6.45) is 2.12. The number of carbonyl (C=O) groups is 1. The number of rotatable bonds is 4. The molecule has 4 rings (SSSR count). The number of methoxy groups -OCH3 is 1. The van der Waals surface area contributed by atoms with Gasteiger partial charge in [0.15, 0.2) is 5.82 Å². The van der Waals surface area contributed by atoms with E-state index in [1.54, 1.807) is 12.1 Å². The first-order valence-corrected chi connectivity index (χ1v) is 9.57. The van der Waals surface area contributed by atoms with Gasteiger partial charge in [0.05, 0.1) is 23.7 Å². The maximum Gasteiger partial charge on any atom is 0.337 e. The van der Waals surface area contributed by atoms with Gasteiger partial charge in [-0.3, -0.25) is 0 Å². The van der Waals surface area contributed by atoms with Gasteiger partial charge < -0.3 is 15.0 Å². The third-order valence-corrected chi connectivity index (χ3v) is 5.32. The highest BCUT2D eigenvalue weighted by molar-refractivity contribution is 5.94. The van der Waals surface area contributed by atoms with E-state index in [0.717, 1.165) is 48.5 Å². The van der Waals surface area contributed by atoms with Crippen molar-refractivity contribution in [3.05, 3.63) is 54.1 Å². The summed E-state index contributed by atoms with van der Waals surface area (Å²) in [5.74, 6) is 0.502. The van der Waals surface area contributed by atoms with Gasteiger partial charge in [0.25, 0.3) is 0 Å². The maximum atomic E-state index is 11.9. The lowest BCUT2D eigenvalue weighted by molar-refractivity contribution is 0.0601. The smallest absolute Gasteiger partial charge is 0.337 e. The van der Waals surface area contributed by atoms with Crippen molar-refractivity contribution >= 4 is 22.8 Å². The van der Waals surface area contributed by atoms with E-state index in [-0.39, 0.29) is 5.97 Å². The SMILES string of the molecule is CNC1CCN(c2nc3cc(C(=O)OC)ccc3nc2-c2ccccc2)CC1. The molecule has 0 radical (unpaired) electrons. The molecule has 1 N–H and O–H groups in total. The molecular formula is C22H24N4O2. The molecule has 2 aromatic carbocycles. The minimum absolute atomic E-state index is 0.368. The molecule has 3 aromatic rings. The van der Waals surface area contributed by atoms with Gasteiger partial charge in [-0.1, -0.05) is 30.3 Å². The Balaban J connectivity index is 1.82. The average molecular weight is 376 g/mol. The van der Waals surface area contributed by atoms with Crippen molar-refractivity contribution in [2.45, 2.75) is 18.9 Å². The van der Waals surface area contributed by atoms with Gasteiger partial charge in [-0.25, -0.2) is 14.8 Å². The van der Waals surface area contributed by atoms with Crippen LogP contribution in [0.1, 0.15) is 23.2 Å². The Bertz CT molecular complexity index is 982. The van der Waals surface area contributed by atoms with Crippen LogP contribution in [0.5, 0.6) is 0 Å². The maximum absolute atomic E-state index is 11.9. The van der Waals surface area contributed by atoms with Crippen LogP contribution in [0, 0.1) is 0 Å². The van der Waals surface area contributed by atoms with E-state index < -0.39 is 0 Å². The molecule has 1 aliphatic rings. The van der Waals surface area contributed by atoms with Crippen molar-refractivity contribution < 1.29 is 9.53 Å². The first-order valence-electron chi connectivity index (χ1n) is 9.57. The van der Waals surface area contributed by atoms with Crippen LogP contribution < -0.4 is 10.2 Å². The van der Waals surface area contributed by atoms with Crippen molar-refractivity contribution in [2.24, 2.45) is 0 Å². The molecule has 1 aromatic heterocycles. The largest absolute Gasteiger partial charge is 0.465 e. The molecule has 0 amide bonds. The van der Waals surface area contributed by atoms with E-state index in [1.165, 1.54) is 7.11 Å². The van der Waals surface area contributed by atoms with E-state index >= 15 is 0 Å². The monoisotopic (exact) mass is 376 g/mol. The van der Waals surface area contributed by atoms with Gasteiger partial charge in [-0.2, -0.15) is 0 Å². The number of benzene rings is 2. The molecule has 1 fully saturated rings. The zero-order valence-corrected chi connectivity index (χ0v) is 16.2. The highest BCUT2D eigenvalue weighted by Gasteiger charge is 2.23. The van der Waals surface area contributed by atoms with Gasteiger partial charge in [-0.15, -0.1) is 0 Å². The van der Waals surface area contributed by atoms with Crippen LogP contribution in [0.3, 0.4) is 0 Å². The molecule has 0 bridgehead atoms. The minimum atomic E-state index is -0.368. The van der Waals surface area contributed by atoms with Crippen molar-refractivity contribution in [1.82, 2.24) is 15.3 Å². The summed E-state index contributed by atoms with van der Waals surface area (Å²) in [4.78, 5) is 24.1. The highest BCUT2D eigenvalue weighted by Crippen LogP contribution is 2.31. The van der Waals surface area contributed by atoms with Crippen molar-refractivity contribution in [1.29, 1.82) is 0 Å². The Morgan fingerprint density at radius 2 is 1.82 bits per heavy atom. The average Bonchev–Trinajstić information content (AvgIpc) is 2.78. The lowest BCUT2D eigenvalue weighted by Gasteiger charge is -2.33. The summed E-state index contributed by atoms with van der Waals surface area (Å²) in [5, 5.41) is 3.36. The molecule has 144 valence electrons. The molecule has 0 atom stereocenters. The number of hydrogen-bond acceptors (Lipinski definition) is 6. The zero-order chi connectivity index (χ0) is 19.5.